The number of halogens is 7. The van der Waals surface area contributed by atoms with Gasteiger partial charge in [0, 0.05) is 50.0 Å². The van der Waals surface area contributed by atoms with Crippen molar-refractivity contribution in [3.63, 3.8) is 0 Å². The number of alkyl halides is 6. The SMILES string of the molecule is CN1c2nc(Cl)ncc2OCC1c1ccccc1C(F)(F)F.COc1cc(N)ccc1-n1cnc(C)c1.COc1cc(Nc2ncc3c(n2)N(C)C(c2ccccc2C(F)(F)F)CO3)ccc1-n1cnc(C)c1. The molecule has 2 aliphatic heterocycles. The van der Waals surface area contributed by atoms with Crippen LogP contribution in [-0.2, 0) is 12.4 Å². The number of hydrogen-bond donors (Lipinski definition) is 2. The fourth-order valence-corrected chi connectivity index (χ4v) is 8.26. The summed E-state index contributed by atoms with van der Waals surface area (Å²) in [7, 11) is 6.55. The van der Waals surface area contributed by atoms with Gasteiger partial charge in [-0.25, -0.2) is 19.9 Å². The van der Waals surface area contributed by atoms with Gasteiger partial charge in [0.05, 0.1) is 85.2 Å². The van der Waals surface area contributed by atoms with Crippen LogP contribution >= 0.6 is 11.6 Å². The number of rotatable bonds is 8. The van der Waals surface area contributed by atoms with Gasteiger partial charge in [0.2, 0.25) is 11.2 Å². The number of anilines is 5. The second kappa shape index (κ2) is 21.2. The third-order valence-electron chi connectivity index (χ3n) is 11.7. The van der Waals surface area contributed by atoms with Crippen LogP contribution < -0.4 is 39.8 Å². The predicted octanol–water partition coefficient (Wildman–Crippen LogP) is 10.8. The lowest BCUT2D eigenvalue weighted by Gasteiger charge is -2.36. The van der Waals surface area contributed by atoms with Crippen LogP contribution in [0.3, 0.4) is 0 Å². The summed E-state index contributed by atoms with van der Waals surface area (Å²) in [4.78, 5) is 28.4. The number of imidazole rings is 2. The number of nitrogens with zero attached hydrogens (tertiary/aromatic N) is 10. The number of aromatic nitrogens is 8. The number of fused-ring (bicyclic) bond motifs is 2. The molecule has 4 aromatic heterocycles. The van der Waals surface area contributed by atoms with Crippen molar-refractivity contribution in [1.82, 2.24) is 39.0 Å². The third-order valence-corrected chi connectivity index (χ3v) is 11.9. The molecular weight excluding hydrogens is 982 g/mol. The summed E-state index contributed by atoms with van der Waals surface area (Å²) in [6.45, 7) is 3.96. The Kier molecular flexibility index (Phi) is 14.8. The van der Waals surface area contributed by atoms with Crippen molar-refractivity contribution >= 4 is 40.6 Å². The summed E-state index contributed by atoms with van der Waals surface area (Å²) in [6, 6.07) is 20.7. The molecule has 0 radical (unpaired) electrons. The highest BCUT2D eigenvalue weighted by molar-refractivity contribution is 6.28. The van der Waals surface area contributed by atoms with Gasteiger partial charge >= 0.3 is 12.4 Å². The van der Waals surface area contributed by atoms with E-state index < -0.39 is 35.6 Å². The number of nitrogens with two attached hydrogens (primary N) is 1. The largest absolute Gasteiger partial charge is 0.494 e. The van der Waals surface area contributed by atoms with Crippen LogP contribution in [0.2, 0.25) is 5.28 Å². The Morgan fingerprint density at radius 2 is 1.12 bits per heavy atom. The van der Waals surface area contributed by atoms with Gasteiger partial charge in [0.25, 0.3) is 0 Å². The zero-order valence-corrected chi connectivity index (χ0v) is 40.7. The zero-order valence-electron chi connectivity index (χ0n) is 39.9. The minimum Gasteiger partial charge on any atom is -0.494 e. The smallest absolute Gasteiger partial charge is 0.416 e. The first-order valence-electron chi connectivity index (χ1n) is 22.2. The molecule has 23 heteroatoms. The molecule has 10 rings (SSSR count). The minimum atomic E-state index is -4.48. The molecule has 0 fully saturated rings. The van der Waals surface area contributed by atoms with Gasteiger partial charge in [-0.15, -0.1) is 0 Å². The second-order valence-electron chi connectivity index (χ2n) is 16.5. The van der Waals surface area contributed by atoms with E-state index in [0.717, 1.165) is 40.6 Å². The summed E-state index contributed by atoms with van der Waals surface area (Å²) in [5.41, 5.74) is 9.53. The molecule has 4 aromatic carbocycles. The van der Waals surface area contributed by atoms with E-state index in [1.165, 1.54) is 36.7 Å². The topological polar surface area (TPSA) is 169 Å². The molecule has 0 saturated heterocycles. The van der Waals surface area contributed by atoms with Crippen LogP contribution in [-0.4, -0.2) is 80.6 Å². The van der Waals surface area contributed by atoms with Gasteiger partial charge in [-0.2, -0.15) is 36.3 Å². The van der Waals surface area contributed by atoms with Crippen LogP contribution in [0.25, 0.3) is 11.4 Å². The first-order valence-corrected chi connectivity index (χ1v) is 22.5. The van der Waals surface area contributed by atoms with E-state index in [1.54, 1.807) is 75.0 Å². The van der Waals surface area contributed by atoms with E-state index in [0.29, 0.717) is 40.3 Å². The van der Waals surface area contributed by atoms with Crippen LogP contribution in [0, 0.1) is 13.8 Å². The van der Waals surface area contributed by atoms with Gasteiger partial charge in [-0.05, 0) is 73.0 Å². The van der Waals surface area contributed by atoms with Gasteiger partial charge in [-0.3, -0.25) is 0 Å². The van der Waals surface area contributed by atoms with Gasteiger partial charge in [0.15, 0.2) is 23.1 Å². The molecule has 8 aromatic rings. The lowest BCUT2D eigenvalue weighted by molar-refractivity contribution is -0.139. The maximum atomic E-state index is 13.6. The lowest BCUT2D eigenvalue weighted by atomic mass is 9.98. The maximum Gasteiger partial charge on any atom is 0.416 e. The highest BCUT2D eigenvalue weighted by atomic mass is 35.5. The van der Waals surface area contributed by atoms with Gasteiger partial charge < -0.3 is 48.9 Å². The fraction of sp³-hybridized carbons (Fsp3) is 0.240. The number of nitrogens with one attached hydrogen (secondary N) is 1. The summed E-state index contributed by atoms with van der Waals surface area (Å²) >= 11 is 5.76. The fourth-order valence-electron chi connectivity index (χ4n) is 8.13. The summed E-state index contributed by atoms with van der Waals surface area (Å²) < 4.78 is 106. The van der Waals surface area contributed by atoms with Crippen LogP contribution in [0.15, 0.2) is 122 Å². The minimum absolute atomic E-state index is 0.0129. The van der Waals surface area contributed by atoms with Gasteiger partial charge in [0.1, 0.15) is 24.7 Å². The molecule has 2 atom stereocenters. The highest BCUT2D eigenvalue weighted by Crippen LogP contribution is 2.43. The van der Waals surface area contributed by atoms with Crippen molar-refractivity contribution in [1.29, 1.82) is 0 Å². The lowest BCUT2D eigenvalue weighted by Crippen LogP contribution is -2.35. The number of benzene rings is 4. The van der Waals surface area contributed by atoms with Crippen molar-refractivity contribution in [2.24, 2.45) is 0 Å². The van der Waals surface area contributed by atoms with Crippen LogP contribution in [0.5, 0.6) is 23.0 Å². The zero-order chi connectivity index (χ0) is 52.2. The maximum absolute atomic E-state index is 13.6. The molecule has 2 unspecified atom stereocenters. The molecule has 380 valence electrons. The molecule has 6 heterocycles. The molecule has 3 N–H and O–H groups in total. The number of nitrogen functional groups attached to an aromatic ring is 1. The Morgan fingerprint density at radius 1 is 0.644 bits per heavy atom. The number of likely N-dealkylation sites (N-methyl/N-ethyl adjacent to an activating group) is 2. The average molecular weight is 1030 g/mol. The number of aryl methyl sites for hydroxylation is 2. The molecule has 0 aliphatic carbocycles. The quantitative estimate of drug-likeness (QED) is 0.0838. The Balaban J connectivity index is 0.000000162. The Hall–Kier alpha value is -8.27. The van der Waals surface area contributed by atoms with Crippen LogP contribution in [0.4, 0.5) is 55.3 Å². The summed E-state index contributed by atoms with van der Waals surface area (Å²) in [5.74, 6) is 3.17. The van der Waals surface area contributed by atoms with Crippen molar-refractivity contribution in [2.75, 3.05) is 62.4 Å². The molecule has 0 bridgehead atoms. The standard InChI is InChI=1S/C25H23F3N6O2.C14H11ClF3N3O.C11H13N3O/c1-15-12-34(14-30-15)19-9-8-16(10-21(19)35-3)31-24-29-11-22-23(32-24)33(2)20(13-36-22)17-6-4-5-7-18(17)25(26,27)28;1-21-10(7-22-11-6-19-13(15)20-12(11)21)8-4-2-3-5-9(8)14(16,17)18;1-8-6-14(7-13-8)10-4-3-9(12)5-11(10)15-2/h4-12,14,20H,13H2,1-3H3,(H,29,31,32);2-6,10H,7H2,1H3;3-7H,12H2,1-2H3. The molecule has 2 aliphatic rings. The Morgan fingerprint density at radius 3 is 1.62 bits per heavy atom. The first-order chi connectivity index (χ1) is 34.8. The molecule has 0 saturated carbocycles. The molecule has 0 spiro atoms. The second-order valence-corrected chi connectivity index (χ2v) is 16.9. The normalized spacial score (nSPS) is 15.0. The number of hydrogen-bond acceptors (Lipinski definition) is 14. The van der Waals surface area contributed by atoms with Crippen molar-refractivity contribution in [3.8, 4) is 34.4 Å². The van der Waals surface area contributed by atoms with Crippen molar-refractivity contribution in [3.05, 3.63) is 161 Å². The van der Waals surface area contributed by atoms with E-state index in [-0.39, 0.29) is 35.6 Å². The van der Waals surface area contributed by atoms with Gasteiger partial charge in [-0.1, -0.05) is 36.4 Å². The molecule has 16 nitrogen and oxygen atoms in total. The van der Waals surface area contributed by atoms with E-state index >= 15 is 0 Å². The van der Waals surface area contributed by atoms with E-state index in [2.05, 4.69) is 35.2 Å². The molecule has 73 heavy (non-hydrogen) atoms. The summed E-state index contributed by atoms with van der Waals surface area (Å²) in [6.07, 6.45) is 1.30. The van der Waals surface area contributed by atoms with E-state index in [4.69, 9.17) is 36.3 Å². The summed E-state index contributed by atoms with van der Waals surface area (Å²) in [5, 5.41) is 3.15. The predicted molar refractivity (Wildman–Crippen MR) is 263 cm³/mol. The Bertz CT molecular complexity index is 3220. The first kappa shape index (κ1) is 51.1. The third kappa shape index (κ3) is 11.4. The molecule has 0 amide bonds. The molecular formula is C50H47ClF6N12O4. The highest BCUT2D eigenvalue weighted by Gasteiger charge is 2.39. The van der Waals surface area contributed by atoms with E-state index in [9.17, 15) is 26.3 Å². The Labute approximate surface area is 420 Å². The van der Waals surface area contributed by atoms with E-state index in [1.807, 2.05) is 59.6 Å². The monoisotopic (exact) mass is 1030 g/mol. The van der Waals surface area contributed by atoms with Crippen LogP contribution in [0.1, 0.15) is 45.7 Å². The van der Waals surface area contributed by atoms with Crippen molar-refractivity contribution in [2.45, 2.75) is 38.3 Å². The van der Waals surface area contributed by atoms with Crippen molar-refractivity contribution < 1.29 is 45.3 Å². The average Bonchev–Trinajstić information content (AvgIpc) is 4.01. The number of methoxy groups -OCH3 is 2. The number of ether oxygens (including phenoxy) is 4.